The Morgan fingerprint density at radius 3 is 2.65 bits per heavy atom. The topological polar surface area (TPSA) is 119 Å². The van der Waals surface area contributed by atoms with E-state index in [1.807, 2.05) is 0 Å². The number of benzene rings is 2. The Morgan fingerprint density at radius 1 is 1.23 bits per heavy atom. The number of aromatic nitrogens is 4. The highest BCUT2D eigenvalue weighted by atomic mass is 19.1. The summed E-state index contributed by atoms with van der Waals surface area (Å²) in [5.41, 5.74) is 3.40. The van der Waals surface area contributed by atoms with E-state index in [9.17, 15) is 19.3 Å². The minimum absolute atomic E-state index is 0.0238. The fourth-order valence-corrected chi connectivity index (χ4v) is 3.43. The lowest BCUT2D eigenvalue weighted by molar-refractivity contribution is -0.386. The third-order valence-corrected chi connectivity index (χ3v) is 4.96. The van der Waals surface area contributed by atoms with Crippen LogP contribution in [0.25, 0.3) is 22.4 Å². The van der Waals surface area contributed by atoms with Crippen molar-refractivity contribution in [3.8, 4) is 11.4 Å². The Balaban J connectivity index is 1.40. The van der Waals surface area contributed by atoms with Gasteiger partial charge in [-0.3, -0.25) is 19.6 Å². The van der Waals surface area contributed by atoms with Crippen molar-refractivity contribution in [2.75, 3.05) is 5.32 Å². The maximum atomic E-state index is 13.3. The molecule has 0 radical (unpaired) electrons. The van der Waals surface area contributed by atoms with Gasteiger partial charge in [0.2, 0.25) is 5.91 Å². The Bertz CT molecular complexity index is 1290. The van der Waals surface area contributed by atoms with Gasteiger partial charge in [0.1, 0.15) is 23.0 Å². The SMILES string of the molecule is Cc1nn(CCC(=O)Nc2ccc(-c3nc4ccc(F)cc4[nH]3)cc2)c(C)c1[N+](=O)[O-]. The minimum atomic E-state index is -0.464. The van der Waals surface area contributed by atoms with E-state index < -0.39 is 4.92 Å². The minimum Gasteiger partial charge on any atom is -0.338 e. The van der Waals surface area contributed by atoms with E-state index >= 15 is 0 Å². The lowest BCUT2D eigenvalue weighted by atomic mass is 10.2. The number of amides is 1. The summed E-state index contributed by atoms with van der Waals surface area (Å²) in [5.74, 6) is 0.0302. The summed E-state index contributed by atoms with van der Waals surface area (Å²) >= 11 is 0. The smallest absolute Gasteiger partial charge is 0.312 e. The zero-order valence-electron chi connectivity index (χ0n) is 16.8. The van der Waals surface area contributed by atoms with E-state index in [2.05, 4.69) is 20.4 Å². The number of nitrogens with zero attached hydrogens (tertiary/aromatic N) is 4. The number of nitro groups is 1. The molecule has 158 valence electrons. The number of halogens is 1. The number of nitrogens with one attached hydrogen (secondary N) is 2. The Hall–Kier alpha value is -4.08. The second kappa shape index (κ2) is 7.98. The van der Waals surface area contributed by atoms with Gasteiger partial charge in [-0.05, 0) is 56.3 Å². The number of hydrogen-bond acceptors (Lipinski definition) is 5. The molecule has 0 aliphatic carbocycles. The van der Waals surface area contributed by atoms with Crippen LogP contribution in [0.2, 0.25) is 0 Å². The molecule has 1 amide bonds. The molecule has 0 fully saturated rings. The molecule has 0 atom stereocenters. The predicted molar refractivity (Wildman–Crippen MR) is 113 cm³/mol. The standard InChI is InChI=1S/C21H19FN6O3/c1-12-20(28(30)31)13(2)27(26-12)10-9-19(29)23-16-6-3-14(4-7-16)21-24-17-8-5-15(22)11-18(17)25-21/h3-8,11H,9-10H2,1-2H3,(H,23,29)(H,24,25). The predicted octanol–water partition coefficient (Wildman–Crippen LogP) is 4.12. The van der Waals surface area contributed by atoms with Gasteiger partial charge in [0.15, 0.2) is 0 Å². The molecule has 4 rings (SSSR count). The number of carbonyl (C=O) groups is 1. The molecule has 10 heteroatoms. The van der Waals surface area contributed by atoms with Gasteiger partial charge >= 0.3 is 5.69 Å². The zero-order chi connectivity index (χ0) is 22.1. The van der Waals surface area contributed by atoms with Gasteiger partial charge in [-0.2, -0.15) is 5.10 Å². The maximum absolute atomic E-state index is 13.3. The molecule has 0 saturated heterocycles. The zero-order valence-corrected chi connectivity index (χ0v) is 16.8. The van der Waals surface area contributed by atoms with Crippen molar-refractivity contribution in [2.45, 2.75) is 26.8 Å². The van der Waals surface area contributed by atoms with E-state index in [1.54, 1.807) is 44.2 Å². The van der Waals surface area contributed by atoms with Gasteiger partial charge in [0, 0.05) is 17.7 Å². The summed E-state index contributed by atoms with van der Waals surface area (Å²) in [5, 5.41) is 18.0. The average Bonchev–Trinajstić information content (AvgIpc) is 3.26. The van der Waals surface area contributed by atoms with Crippen LogP contribution in [0, 0.1) is 29.8 Å². The van der Waals surface area contributed by atoms with Crippen LogP contribution in [-0.2, 0) is 11.3 Å². The van der Waals surface area contributed by atoms with E-state index in [0.29, 0.717) is 33.9 Å². The molecular formula is C21H19FN6O3. The number of imidazole rings is 1. The van der Waals surface area contributed by atoms with Gasteiger partial charge in [-0.1, -0.05) is 0 Å². The molecule has 2 heterocycles. The van der Waals surface area contributed by atoms with Crippen molar-refractivity contribution in [2.24, 2.45) is 0 Å². The highest BCUT2D eigenvalue weighted by Gasteiger charge is 2.21. The first-order valence-corrected chi connectivity index (χ1v) is 9.56. The van der Waals surface area contributed by atoms with Crippen molar-refractivity contribution in [1.29, 1.82) is 0 Å². The summed E-state index contributed by atoms with van der Waals surface area (Å²) in [6.45, 7) is 3.42. The number of aromatic amines is 1. The Labute approximate surface area is 176 Å². The normalized spacial score (nSPS) is 11.1. The lowest BCUT2D eigenvalue weighted by Crippen LogP contribution is -2.15. The molecule has 2 aromatic carbocycles. The molecule has 2 N–H and O–H groups in total. The second-order valence-electron chi connectivity index (χ2n) is 7.12. The summed E-state index contributed by atoms with van der Waals surface area (Å²) < 4.78 is 14.8. The van der Waals surface area contributed by atoms with Gasteiger partial charge in [-0.15, -0.1) is 0 Å². The van der Waals surface area contributed by atoms with E-state index in [4.69, 9.17) is 0 Å². The van der Waals surface area contributed by atoms with Crippen LogP contribution in [-0.4, -0.2) is 30.6 Å². The highest BCUT2D eigenvalue weighted by Crippen LogP contribution is 2.24. The molecule has 31 heavy (non-hydrogen) atoms. The summed E-state index contributed by atoms with van der Waals surface area (Å²) in [4.78, 5) is 30.4. The molecule has 0 aliphatic rings. The van der Waals surface area contributed by atoms with Crippen molar-refractivity contribution in [3.05, 3.63) is 69.8 Å². The van der Waals surface area contributed by atoms with Crippen LogP contribution < -0.4 is 5.32 Å². The van der Waals surface area contributed by atoms with Gasteiger partial charge < -0.3 is 10.3 Å². The molecule has 0 aliphatic heterocycles. The van der Waals surface area contributed by atoms with E-state index in [1.165, 1.54) is 16.8 Å². The van der Waals surface area contributed by atoms with Crippen LogP contribution in [0.5, 0.6) is 0 Å². The van der Waals surface area contributed by atoms with E-state index in [0.717, 1.165) is 5.56 Å². The Kier molecular flexibility index (Phi) is 5.20. The molecule has 0 bridgehead atoms. The van der Waals surface area contributed by atoms with Gasteiger partial charge in [0.25, 0.3) is 0 Å². The molecular weight excluding hydrogens is 403 g/mol. The average molecular weight is 422 g/mol. The van der Waals surface area contributed by atoms with Crippen LogP contribution in [0.1, 0.15) is 17.8 Å². The molecule has 0 unspecified atom stereocenters. The third-order valence-electron chi connectivity index (χ3n) is 4.96. The third kappa shape index (κ3) is 4.13. The van der Waals surface area contributed by atoms with E-state index in [-0.39, 0.29) is 30.4 Å². The first-order chi connectivity index (χ1) is 14.8. The lowest BCUT2D eigenvalue weighted by Gasteiger charge is -2.07. The van der Waals surface area contributed by atoms with Gasteiger partial charge in [-0.25, -0.2) is 9.37 Å². The fourth-order valence-electron chi connectivity index (χ4n) is 3.43. The number of anilines is 1. The van der Waals surface area contributed by atoms with Crippen molar-refractivity contribution in [3.63, 3.8) is 0 Å². The molecule has 4 aromatic rings. The summed E-state index contributed by atoms with van der Waals surface area (Å²) in [7, 11) is 0. The maximum Gasteiger partial charge on any atom is 0.312 e. The van der Waals surface area contributed by atoms with Crippen molar-refractivity contribution < 1.29 is 14.1 Å². The van der Waals surface area contributed by atoms with Crippen LogP contribution >= 0.6 is 0 Å². The largest absolute Gasteiger partial charge is 0.338 e. The quantitative estimate of drug-likeness (QED) is 0.358. The summed E-state index contributed by atoms with van der Waals surface area (Å²) in [6.07, 6.45) is 0.121. The number of aryl methyl sites for hydroxylation is 2. The molecule has 0 saturated carbocycles. The highest BCUT2D eigenvalue weighted by molar-refractivity contribution is 5.91. The van der Waals surface area contributed by atoms with Crippen LogP contribution in [0.15, 0.2) is 42.5 Å². The number of rotatable bonds is 6. The first-order valence-electron chi connectivity index (χ1n) is 9.56. The van der Waals surface area contributed by atoms with Crippen LogP contribution in [0.3, 0.4) is 0 Å². The molecule has 9 nitrogen and oxygen atoms in total. The molecule has 2 aromatic heterocycles. The monoisotopic (exact) mass is 422 g/mol. The number of hydrogen-bond donors (Lipinski definition) is 2. The Morgan fingerprint density at radius 2 is 1.97 bits per heavy atom. The van der Waals surface area contributed by atoms with Gasteiger partial charge in [0.05, 0.1) is 22.5 Å². The van der Waals surface area contributed by atoms with Crippen molar-refractivity contribution in [1.82, 2.24) is 19.7 Å². The second-order valence-corrected chi connectivity index (χ2v) is 7.12. The molecule has 0 spiro atoms. The summed E-state index contributed by atoms with van der Waals surface area (Å²) in [6, 6.07) is 11.4. The number of H-pyrrole nitrogens is 1. The van der Waals surface area contributed by atoms with Crippen LogP contribution in [0.4, 0.5) is 15.8 Å². The fraction of sp³-hybridized carbons (Fsp3) is 0.190. The number of carbonyl (C=O) groups excluding carboxylic acids is 1. The first kappa shape index (κ1) is 20.2. The number of fused-ring (bicyclic) bond motifs is 1. The van der Waals surface area contributed by atoms with Crippen molar-refractivity contribution >= 4 is 28.3 Å².